The van der Waals surface area contributed by atoms with Crippen LogP contribution in [0.25, 0.3) is 11.3 Å². The molecule has 0 saturated carbocycles. The number of nitrogens with zero attached hydrogens (tertiary/aromatic N) is 2. The summed E-state index contributed by atoms with van der Waals surface area (Å²) in [6.45, 7) is 3.55. The van der Waals surface area contributed by atoms with E-state index in [0.29, 0.717) is 5.69 Å². The minimum Gasteiger partial charge on any atom is -0.391 e. The predicted octanol–water partition coefficient (Wildman–Crippen LogP) is 2.04. The van der Waals surface area contributed by atoms with Gasteiger partial charge in [-0.2, -0.15) is 0 Å². The molecule has 2 amide bonds. The lowest BCUT2D eigenvalue weighted by atomic mass is 10.1. The molecular weight excluding hydrogens is 326 g/mol. The molecule has 0 aliphatic carbocycles. The maximum atomic E-state index is 12.5. The van der Waals surface area contributed by atoms with Crippen molar-refractivity contribution in [3.8, 4) is 11.3 Å². The molecule has 2 heterocycles. The van der Waals surface area contributed by atoms with Crippen LogP contribution in [0.3, 0.4) is 0 Å². The van der Waals surface area contributed by atoms with Crippen LogP contribution in [-0.2, 0) is 9.59 Å². The van der Waals surface area contributed by atoms with E-state index in [2.05, 4.69) is 10.3 Å². The normalized spacial score (nSPS) is 20.2. The summed E-state index contributed by atoms with van der Waals surface area (Å²) in [5, 5.41) is 15.5. The molecule has 0 radical (unpaired) electrons. The van der Waals surface area contributed by atoms with Crippen molar-refractivity contribution in [3.63, 3.8) is 0 Å². The average Bonchev–Trinajstić information content (AvgIpc) is 3.13. The number of carbonyl (C=O) groups excluding carboxylic acids is 2. The van der Waals surface area contributed by atoms with Gasteiger partial charge in [-0.1, -0.05) is 12.1 Å². The number of β-amino-alcohol motifs (C(OH)–C–C–N with tert-alkyl or cyclic N) is 1. The second-order valence-corrected chi connectivity index (χ2v) is 6.96. The van der Waals surface area contributed by atoms with Gasteiger partial charge in [-0.15, -0.1) is 11.3 Å². The molecule has 2 N–H and O–H groups in total. The largest absolute Gasteiger partial charge is 0.391 e. The molecule has 2 aromatic rings. The number of carbonyl (C=O) groups is 2. The van der Waals surface area contributed by atoms with Crippen LogP contribution < -0.4 is 5.32 Å². The van der Waals surface area contributed by atoms with Crippen molar-refractivity contribution >= 4 is 28.8 Å². The van der Waals surface area contributed by atoms with Crippen molar-refractivity contribution in [1.29, 1.82) is 0 Å². The summed E-state index contributed by atoms with van der Waals surface area (Å²) in [5.41, 5.74) is 2.44. The maximum Gasteiger partial charge on any atom is 0.247 e. The van der Waals surface area contributed by atoms with Crippen LogP contribution in [0.4, 0.5) is 5.69 Å². The number of amides is 2. The van der Waals surface area contributed by atoms with E-state index in [1.54, 1.807) is 17.4 Å². The summed E-state index contributed by atoms with van der Waals surface area (Å²) in [5.74, 6) is -0.494. The summed E-state index contributed by atoms with van der Waals surface area (Å²) in [7, 11) is 0. The van der Waals surface area contributed by atoms with Crippen LogP contribution in [0.15, 0.2) is 29.6 Å². The number of aliphatic hydroxyl groups is 1. The van der Waals surface area contributed by atoms with E-state index in [-0.39, 0.29) is 24.8 Å². The molecule has 1 aliphatic rings. The first-order valence-electron chi connectivity index (χ1n) is 7.72. The molecule has 6 nitrogen and oxygen atoms in total. The highest BCUT2D eigenvalue weighted by atomic mass is 32.1. The first kappa shape index (κ1) is 16.6. The second-order valence-electron chi connectivity index (χ2n) is 5.90. The van der Waals surface area contributed by atoms with E-state index >= 15 is 0 Å². The molecular formula is C17H19N3O3S. The Labute approximate surface area is 144 Å². The quantitative estimate of drug-likeness (QED) is 0.892. The van der Waals surface area contributed by atoms with Crippen molar-refractivity contribution in [1.82, 2.24) is 9.88 Å². The van der Waals surface area contributed by atoms with Gasteiger partial charge >= 0.3 is 0 Å². The van der Waals surface area contributed by atoms with Crippen molar-refractivity contribution in [2.45, 2.75) is 32.4 Å². The Morgan fingerprint density at radius 3 is 2.88 bits per heavy atom. The van der Waals surface area contributed by atoms with Crippen LogP contribution in [0.2, 0.25) is 0 Å². The molecule has 3 rings (SSSR count). The van der Waals surface area contributed by atoms with E-state index in [4.69, 9.17) is 0 Å². The Balaban J connectivity index is 1.76. The number of nitrogens with one attached hydrogen (secondary N) is 1. The van der Waals surface area contributed by atoms with Gasteiger partial charge in [0.15, 0.2) is 0 Å². The SMILES string of the molecule is CC(=O)N1C[C@H](O)C[C@@H]1C(=O)Nc1cccc(-c2csc(C)n2)c1. The first-order chi connectivity index (χ1) is 11.4. The van der Waals surface area contributed by atoms with Gasteiger partial charge in [0, 0.05) is 36.5 Å². The van der Waals surface area contributed by atoms with Gasteiger partial charge in [-0.25, -0.2) is 4.98 Å². The lowest BCUT2D eigenvalue weighted by Gasteiger charge is -2.22. The van der Waals surface area contributed by atoms with Crippen molar-refractivity contribution < 1.29 is 14.7 Å². The molecule has 1 aromatic carbocycles. The molecule has 1 aliphatic heterocycles. The van der Waals surface area contributed by atoms with E-state index in [9.17, 15) is 14.7 Å². The minimum absolute atomic E-state index is 0.200. The van der Waals surface area contributed by atoms with Crippen molar-refractivity contribution in [2.24, 2.45) is 0 Å². The number of aryl methyl sites for hydroxylation is 1. The van der Waals surface area contributed by atoms with Crippen LogP contribution in [0.1, 0.15) is 18.4 Å². The molecule has 126 valence electrons. The fourth-order valence-corrected chi connectivity index (χ4v) is 3.51. The van der Waals surface area contributed by atoms with Crippen molar-refractivity contribution in [3.05, 3.63) is 34.7 Å². The maximum absolute atomic E-state index is 12.5. The third-order valence-electron chi connectivity index (χ3n) is 4.03. The van der Waals surface area contributed by atoms with Gasteiger partial charge in [0.25, 0.3) is 0 Å². The molecule has 1 aromatic heterocycles. The lowest BCUT2D eigenvalue weighted by Crippen LogP contribution is -2.42. The molecule has 0 spiro atoms. The Morgan fingerprint density at radius 2 is 2.21 bits per heavy atom. The summed E-state index contributed by atoms with van der Waals surface area (Å²) < 4.78 is 0. The van der Waals surface area contributed by atoms with Gasteiger partial charge in [0.05, 0.1) is 16.8 Å². The Bertz CT molecular complexity index is 774. The van der Waals surface area contributed by atoms with E-state index in [0.717, 1.165) is 16.3 Å². The molecule has 1 fully saturated rings. The van der Waals surface area contributed by atoms with Gasteiger partial charge < -0.3 is 15.3 Å². The Kier molecular flexibility index (Phi) is 4.64. The number of aliphatic hydroxyl groups excluding tert-OH is 1. The molecule has 1 saturated heterocycles. The number of likely N-dealkylation sites (tertiary alicyclic amines) is 1. The molecule has 24 heavy (non-hydrogen) atoms. The number of anilines is 1. The number of rotatable bonds is 3. The zero-order valence-corrected chi connectivity index (χ0v) is 14.3. The van der Waals surface area contributed by atoms with Crippen LogP contribution in [0.5, 0.6) is 0 Å². The van der Waals surface area contributed by atoms with Gasteiger partial charge in [-0.3, -0.25) is 9.59 Å². The Morgan fingerprint density at radius 1 is 1.42 bits per heavy atom. The summed E-state index contributed by atoms with van der Waals surface area (Å²) >= 11 is 1.57. The van der Waals surface area contributed by atoms with Crippen LogP contribution >= 0.6 is 11.3 Å². The van der Waals surface area contributed by atoms with E-state index in [1.165, 1.54) is 11.8 Å². The van der Waals surface area contributed by atoms with Gasteiger partial charge in [0.2, 0.25) is 11.8 Å². The molecule has 0 bridgehead atoms. The highest BCUT2D eigenvalue weighted by Crippen LogP contribution is 2.25. The van der Waals surface area contributed by atoms with Gasteiger partial charge in [0.1, 0.15) is 6.04 Å². The molecule has 7 heteroatoms. The summed E-state index contributed by atoms with van der Waals surface area (Å²) in [6.07, 6.45) is -0.398. The first-order valence-corrected chi connectivity index (χ1v) is 8.60. The predicted molar refractivity (Wildman–Crippen MR) is 92.7 cm³/mol. The number of hydrogen-bond acceptors (Lipinski definition) is 5. The van der Waals surface area contributed by atoms with Gasteiger partial charge in [-0.05, 0) is 19.1 Å². The monoisotopic (exact) mass is 345 g/mol. The zero-order valence-electron chi connectivity index (χ0n) is 13.5. The third-order valence-corrected chi connectivity index (χ3v) is 4.80. The molecule has 2 atom stereocenters. The minimum atomic E-state index is -0.658. The fraction of sp³-hybridized carbons (Fsp3) is 0.353. The number of aromatic nitrogens is 1. The number of benzene rings is 1. The zero-order chi connectivity index (χ0) is 17.3. The number of hydrogen-bond donors (Lipinski definition) is 2. The highest BCUT2D eigenvalue weighted by Gasteiger charge is 2.37. The highest BCUT2D eigenvalue weighted by molar-refractivity contribution is 7.09. The van der Waals surface area contributed by atoms with E-state index in [1.807, 2.05) is 30.5 Å². The Hall–Kier alpha value is -2.25. The topological polar surface area (TPSA) is 82.5 Å². The fourth-order valence-electron chi connectivity index (χ4n) is 2.89. The van der Waals surface area contributed by atoms with Crippen LogP contribution in [-0.4, -0.2) is 45.5 Å². The summed E-state index contributed by atoms with van der Waals surface area (Å²) in [4.78, 5) is 30.0. The standard InChI is InChI=1S/C17H19N3O3S/c1-10-18-15(9-24-10)12-4-3-5-13(6-12)19-17(23)16-7-14(22)8-20(16)11(2)21/h3-6,9,14,16,22H,7-8H2,1-2H3,(H,19,23)/t14-,16-/m1/s1. The average molecular weight is 345 g/mol. The number of thiazole rings is 1. The lowest BCUT2D eigenvalue weighted by molar-refractivity contribution is -0.134. The second kappa shape index (κ2) is 6.70. The van der Waals surface area contributed by atoms with E-state index < -0.39 is 12.1 Å². The molecule has 0 unspecified atom stereocenters. The summed E-state index contributed by atoms with van der Waals surface area (Å²) in [6, 6.07) is 6.81. The smallest absolute Gasteiger partial charge is 0.247 e. The van der Waals surface area contributed by atoms with Crippen LogP contribution in [0, 0.1) is 6.92 Å². The van der Waals surface area contributed by atoms with Crippen molar-refractivity contribution in [2.75, 3.05) is 11.9 Å². The third kappa shape index (κ3) is 3.47.